The van der Waals surface area contributed by atoms with Crippen molar-refractivity contribution in [1.29, 1.82) is 0 Å². The van der Waals surface area contributed by atoms with E-state index in [-0.39, 0.29) is 12.4 Å². The van der Waals surface area contributed by atoms with Gasteiger partial charge >= 0.3 is 12.1 Å². The Labute approximate surface area is 182 Å². The van der Waals surface area contributed by atoms with Crippen LogP contribution in [0, 0.1) is 0 Å². The highest BCUT2D eigenvalue weighted by molar-refractivity contribution is 5.74. The first kappa shape index (κ1) is 23.4. The SMILES string of the molecule is CC(C)(C)OC(=O)NC1(CC(=O)ON(C2CCCCC2)C2CCCCC2)CCCC1. The summed E-state index contributed by atoms with van der Waals surface area (Å²) in [6, 6.07) is 0.702. The number of nitrogens with one attached hydrogen (secondary N) is 1. The van der Waals surface area contributed by atoms with E-state index in [1.807, 2.05) is 20.8 Å². The number of nitrogens with zero attached hydrogens (tertiary/aromatic N) is 1. The summed E-state index contributed by atoms with van der Waals surface area (Å²) in [4.78, 5) is 31.6. The fourth-order valence-corrected chi connectivity index (χ4v) is 5.46. The number of alkyl carbamates (subject to hydrolysis) is 1. The van der Waals surface area contributed by atoms with Crippen LogP contribution in [0.1, 0.15) is 117 Å². The van der Waals surface area contributed by atoms with Crippen LogP contribution in [0.25, 0.3) is 0 Å². The summed E-state index contributed by atoms with van der Waals surface area (Å²) in [5, 5.41) is 5.11. The number of hydrogen-bond donors (Lipinski definition) is 1. The second-order valence-electron chi connectivity index (χ2n) is 10.7. The Hall–Kier alpha value is -1.30. The number of amides is 1. The summed E-state index contributed by atoms with van der Waals surface area (Å²) >= 11 is 0. The van der Waals surface area contributed by atoms with Crippen molar-refractivity contribution in [3.05, 3.63) is 0 Å². The molecule has 6 heteroatoms. The molecular formula is C24H42N2O4. The van der Waals surface area contributed by atoms with Crippen molar-refractivity contribution in [3.8, 4) is 0 Å². The maximum Gasteiger partial charge on any atom is 0.408 e. The molecule has 6 nitrogen and oxygen atoms in total. The molecule has 0 aliphatic heterocycles. The summed E-state index contributed by atoms with van der Waals surface area (Å²) in [5.41, 5.74) is -1.09. The van der Waals surface area contributed by atoms with Gasteiger partial charge in [-0.1, -0.05) is 51.4 Å². The van der Waals surface area contributed by atoms with Gasteiger partial charge in [-0.15, -0.1) is 5.06 Å². The molecule has 0 aromatic carbocycles. The van der Waals surface area contributed by atoms with Crippen molar-refractivity contribution in [1.82, 2.24) is 10.4 Å². The molecule has 172 valence electrons. The highest BCUT2D eigenvalue weighted by atomic mass is 16.7. The highest BCUT2D eigenvalue weighted by Gasteiger charge is 2.41. The van der Waals surface area contributed by atoms with E-state index in [0.29, 0.717) is 12.1 Å². The van der Waals surface area contributed by atoms with Gasteiger partial charge in [0, 0.05) is 12.1 Å². The van der Waals surface area contributed by atoms with Crippen molar-refractivity contribution >= 4 is 12.1 Å². The van der Waals surface area contributed by atoms with Gasteiger partial charge in [0.15, 0.2) is 0 Å². The Morgan fingerprint density at radius 1 is 0.867 bits per heavy atom. The lowest BCUT2D eigenvalue weighted by Crippen LogP contribution is -2.51. The van der Waals surface area contributed by atoms with Crippen LogP contribution in [0.5, 0.6) is 0 Å². The van der Waals surface area contributed by atoms with Crippen LogP contribution in [-0.4, -0.2) is 40.3 Å². The van der Waals surface area contributed by atoms with Crippen LogP contribution in [0.3, 0.4) is 0 Å². The maximum atomic E-state index is 13.1. The second kappa shape index (κ2) is 10.3. The third-order valence-corrected chi connectivity index (χ3v) is 6.89. The van der Waals surface area contributed by atoms with Crippen LogP contribution in [0.4, 0.5) is 4.79 Å². The van der Waals surface area contributed by atoms with E-state index in [1.165, 1.54) is 38.5 Å². The van der Waals surface area contributed by atoms with E-state index in [0.717, 1.165) is 51.4 Å². The Morgan fingerprint density at radius 3 is 1.83 bits per heavy atom. The maximum absolute atomic E-state index is 13.1. The summed E-state index contributed by atoms with van der Waals surface area (Å²) in [7, 11) is 0. The smallest absolute Gasteiger partial charge is 0.408 e. The largest absolute Gasteiger partial charge is 0.444 e. The van der Waals surface area contributed by atoms with Gasteiger partial charge in [0.1, 0.15) is 5.60 Å². The molecule has 0 aromatic rings. The van der Waals surface area contributed by atoms with Crippen molar-refractivity contribution in [3.63, 3.8) is 0 Å². The van der Waals surface area contributed by atoms with Gasteiger partial charge in [-0.05, 0) is 59.3 Å². The standard InChI is InChI=1S/C24H42N2O4/c1-23(2,3)29-22(28)25-24(16-10-11-17-24)18-21(27)30-26(19-12-6-4-7-13-19)20-14-8-5-9-15-20/h19-20H,4-18H2,1-3H3,(H,25,28). The molecule has 1 N–H and O–H groups in total. The summed E-state index contributed by atoms with van der Waals surface area (Å²) in [6.07, 6.45) is 15.3. The second-order valence-corrected chi connectivity index (χ2v) is 10.7. The zero-order valence-corrected chi connectivity index (χ0v) is 19.3. The Kier molecular flexibility index (Phi) is 8.05. The minimum absolute atomic E-state index is 0.205. The van der Waals surface area contributed by atoms with Gasteiger partial charge < -0.3 is 14.9 Å². The Morgan fingerprint density at radius 2 is 1.37 bits per heavy atom. The molecule has 0 unspecified atom stereocenters. The highest BCUT2D eigenvalue weighted by Crippen LogP contribution is 2.35. The molecule has 3 rings (SSSR count). The minimum atomic E-state index is -0.552. The zero-order valence-electron chi connectivity index (χ0n) is 19.3. The predicted octanol–water partition coefficient (Wildman–Crippen LogP) is 5.64. The molecule has 3 aliphatic carbocycles. The fraction of sp³-hybridized carbons (Fsp3) is 0.917. The van der Waals surface area contributed by atoms with Gasteiger partial charge in [0.05, 0.1) is 12.0 Å². The van der Waals surface area contributed by atoms with Crippen LogP contribution in [-0.2, 0) is 14.4 Å². The van der Waals surface area contributed by atoms with Crippen molar-refractivity contribution in [2.75, 3.05) is 0 Å². The summed E-state index contributed by atoms with van der Waals surface area (Å²) in [6.45, 7) is 5.57. The summed E-state index contributed by atoms with van der Waals surface area (Å²) < 4.78 is 5.47. The molecule has 3 saturated carbocycles. The lowest BCUT2D eigenvalue weighted by atomic mass is 9.90. The third-order valence-electron chi connectivity index (χ3n) is 6.89. The first-order valence-electron chi connectivity index (χ1n) is 12.3. The molecule has 0 aromatic heterocycles. The van der Waals surface area contributed by atoms with E-state index >= 15 is 0 Å². The van der Waals surface area contributed by atoms with Crippen LogP contribution < -0.4 is 5.32 Å². The average molecular weight is 423 g/mol. The van der Waals surface area contributed by atoms with Crippen LogP contribution in [0.15, 0.2) is 0 Å². The number of carbonyl (C=O) groups excluding carboxylic acids is 2. The molecule has 3 aliphatic rings. The quantitative estimate of drug-likeness (QED) is 0.561. The molecular weight excluding hydrogens is 380 g/mol. The van der Waals surface area contributed by atoms with Crippen LogP contribution >= 0.6 is 0 Å². The van der Waals surface area contributed by atoms with E-state index in [9.17, 15) is 9.59 Å². The first-order chi connectivity index (χ1) is 14.3. The molecule has 0 heterocycles. The number of hydrogen-bond acceptors (Lipinski definition) is 5. The third kappa shape index (κ3) is 6.86. The van der Waals surface area contributed by atoms with E-state index < -0.39 is 17.2 Å². The van der Waals surface area contributed by atoms with Gasteiger partial charge in [-0.3, -0.25) is 4.79 Å². The van der Waals surface area contributed by atoms with Crippen LogP contribution in [0.2, 0.25) is 0 Å². The zero-order chi connectivity index (χ0) is 21.6. The van der Waals surface area contributed by atoms with Crippen molar-refractivity contribution < 1.29 is 19.2 Å². The molecule has 30 heavy (non-hydrogen) atoms. The topological polar surface area (TPSA) is 67.9 Å². The first-order valence-corrected chi connectivity index (χ1v) is 12.3. The lowest BCUT2D eigenvalue weighted by Gasteiger charge is -2.40. The van der Waals surface area contributed by atoms with Crippen molar-refractivity contribution in [2.45, 2.75) is 140 Å². The van der Waals surface area contributed by atoms with Crippen molar-refractivity contribution in [2.24, 2.45) is 0 Å². The number of rotatable bonds is 6. The Balaban J connectivity index is 1.63. The predicted molar refractivity (Wildman–Crippen MR) is 117 cm³/mol. The molecule has 3 fully saturated rings. The van der Waals surface area contributed by atoms with Gasteiger partial charge in [-0.25, -0.2) is 4.79 Å². The Bertz CT molecular complexity index is 550. The monoisotopic (exact) mass is 422 g/mol. The molecule has 0 bridgehead atoms. The number of carbonyl (C=O) groups is 2. The summed E-state index contributed by atoms with van der Waals surface area (Å²) in [5.74, 6) is -0.205. The normalized spacial score (nSPS) is 23.3. The van der Waals surface area contributed by atoms with E-state index in [2.05, 4.69) is 10.4 Å². The molecule has 1 amide bonds. The molecule has 0 spiro atoms. The van der Waals surface area contributed by atoms with E-state index in [1.54, 1.807) is 0 Å². The molecule has 0 saturated heterocycles. The lowest BCUT2D eigenvalue weighted by molar-refractivity contribution is -0.224. The molecule has 0 radical (unpaired) electrons. The van der Waals surface area contributed by atoms with Gasteiger partial charge in [0.25, 0.3) is 0 Å². The van der Waals surface area contributed by atoms with Gasteiger partial charge in [0.2, 0.25) is 0 Å². The van der Waals surface area contributed by atoms with Gasteiger partial charge in [-0.2, -0.15) is 0 Å². The number of hydroxylamine groups is 2. The average Bonchev–Trinajstić information content (AvgIpc) is 3.13. The van der Waals surface area contributed by atoms with E-state index in [4.69, 9.17) is 9.57 Å². The molecule has 0 atom stereocenters. The fourth-order valence-electron chi connectivity index (χ4n) is 5.46. The number of ether oxygens (including phenoxy) is 1. The minimum Gasteiger partial charge on any atom is -0.444 e.